The Balaban J connectivity index is 1.85. The number of piperazine rings is 1. The molecule has 0 saturated carbocycles. The van der Waals surface area contributed by atoms with E-state index in [1.54, 1.807) is 0 Å². The van der Waals surface area contributed by atoms with Gasteiger partial charge in [-0.1, -0.05) is 6.07 Å². The molecular formula is C18H19FN4O3S. The summed E-state index contributed by atoms with van der Waals surface area (Å²) in [7, 11) is -2.57. The van der Waals surface area contributed by atoms with Crippen molar-refractivity contribution in [2.45, 2.75) is 9.79 Å². The topological polar surface area (TPSA) is 87.3 Å². The Hall–Kier alpha value is -2.65. The Kier molecular flexibility index (Phi) is 4.48. The zero-order valence-corrected chi connectivity index (χ0v) is 15.5. The van der Waals surface area contributed by atoms with Gasteiger partial charge in [0.2, 0.25) is 9.84 Å². The number of hydrogen-bond acceptors (Lipinski definition) is 6. The summed E-state index contributed by atoms with van der Waals surface area (Å²) in [4.78, 5) is 9.43. The summed E-state index contributed by atoms with van der Waals surface area (Å²) in [6.07, 6.45) is 3.09. The molecule has 142 valence electrons. The number of anilines is 1. The number of H-pyrrole nitrogens is 1. The van der Waals surface area contributed by atoms with Crippen molar-refractivity contribution in [2.75, 3.05) is 38.2 Å². The average Bonchev–Trinajstić information content (AvgIpc) is 3.12. The largest absolute Gasteiger partial charge is 0.493 e. The van der Waals surface area contributed by atoms with E-state index in [0.29, 0.717) is 11.0 Å². The van der Waals surface area contributed by atoms with E-state index in [1.165, 1.54) is 31.5 Å². The second-order valence-electron chi connectivity index (χ2n) is 6.25. The van der Waals surface area contributed by atoms with Crippen LogP contribution in [0, 0.1) is 5.82 Å². The maximum absolute atomic E-state index is 13.5. The molecule has 7 nitrogen and oxygen atoms in total. The molecule has 0 atom stereocenters. The predicted octanol–water partition coefficient (Wildman–Crippen LogP) is 1.95. The molecule has 0 radical (unpaired) electrons. The lowest BCUT2D eigenvalue weighted by molar-refractivity contribution is 0.406. The van der Waals surface area contributed by atoms with Crippen LogP contribution in [0.5, 0.6) is 5.75 Å². The molecule has 0 bridgehead atoms. The molecule has 1 aliphatic rings. The van der Waals surface area contributed by atoms with Crippen molar-refractivity contribution < 1.29 is 17.5 Å². The third kappa shape index (κ3) is 3.02. The Labute approximate surface area is 156 Å². The molecule has 9 heteroatoms. The smallest absolute Gasteiger partial charge is 0.211 e. The average molecular weight is 390 g/mol. The van der Waals surface area contributed by atoms with Gasteiger partial charge in [-0.05, 0) is 18.2 Å². The van der Waals surface area contributed by atoms with Crippen LogP contribution >= 0.6 is 0 Å². The second kappa shape index (κ2) is 6.82. The maximum Gasteiger partial charge on any atom is 0.211 e. The number of nitrogens with zero attached hydrogens (tertiary/aromatic N) is 2. The van der Waals surface area contributed by atoms with Gasteiger partial charge in [-0.25, -0.2) is 12.8 Å². The van der Waals surface area contributed by atoms with Crippen molar-refractivity contribution in [2.24, 2.45) is 0 Å². The summed E-state index contributed by atoms with van der Waals surface area (Å²) in [5.41, 5.74) is 2.05. The Bertz CT molecular complexity index is 1090. The number of nitrogens with one attached hydrogen (secondary N) is 2. The Morgan fingerprint density at radius 1 is 1.26 bits per heavy atom. The van der Waals surface area contributed by atoms with E-state index < -0.39 is 15.7 Å². The molecule has 3 aromatic rings. The van der Waals surface area contributed by atoms with E-state index in [-0.39, 0.29) is 15.5 Å². The minimum absolute atomic E-state index is 0.100. The highest BCUT2D eigenvalue weighted by molar-refractivity contribution is 7.91. The molecule has 1 aromatic carbocycles. The fourth-order valence-electron chi connectivity index (χ4n) is 3.32. The zero-order chi connectivity index (χ0) is 19.0. The number of aromatic nitrogens is 2. The first kappa shape index (κ1) is 17.7. The number of methoxy groups -OCH3 is 1. The number of pyridine rings is 1. The van der Waals surface area contributed by atoms with Crippen molar-refractivity contribution in [3.63, 3.8) is 0 Å². The first-order chi connectivity index (χ1) is 13.0. The molecule has 2 aromatic heterocycles. The van der Waals surface area contributed by atoms with Gasteiger partial charge in [-0.2, -0.15) is 0 Å². The zero-order valence-electron chi connectivity index (χ0n) is 14.7. The fraction of sp³-hybridized carbons (Fsp3) is 0.278. The normalized spacial score (nSPS) is 15.3. The van der Waals surface area contributed by atoms with E-state index in [4.69, 9.17) is 4.74 Å². The van der Waals surface area contributed by atoms with Crippen LogP contribution in [0.3, 0.4) is 0 Å². The van der Waals surface area contributed by atoms with Gasteiger partial charge in [0.1, 0.15) is 21.7 Å². The van der Waals surface area contributed by atoms with Crippen LogP contribution in [0.25, 0.3) is 11.0 Å². The summed E-state index contributed by atoms with van der Waals surface area (Å²) in [6, 6.07) is 4.89. The number of hydrogen-bond donors (Lipinski definition) is 2. The number of aromatic amines is 1. The van der Waals surface area contributed by atoms with Gasteiger partial charge in [-0.3, -0.25) is 4.98 Å². The molecule has 1 aliphatic heterocycles. The molecule has 27 heavy (non-hydrogen) atoms. The highest BCUT2D eigenvalue weighted by Crippen LogP contribution is 2.37. The number of halogens is 1. The van der Waals surface area contributed by atoms with Crippen LogP contribution < -0.4 is 15.0 Å². The Morgan fingerprint density at radius 3 is 2.74 bits per heavy atom. The third-order valence-electron chi connectivity index (χ3n) is 4.65. The van der Waals surface area contributed by atoms with Crippen molar-refractivity contribution in [1.82, 2.24) is 15.3 Å². The molecule has 0 spiro atoms. The van der Waals surface area contributed by atoms with Crippen LogP contribution in [-0.4, -0.2) is 51.7 Å². The number of rotatable bonds is 4. The molecule has 1 fully saturated rings. The van der Waals surface area contributed by atoms with Gasteiger partial charge >= 0.3 is 0 Å². The number of fused-ring (bicyclic) bond motifs is 1. The lowest BCUT2D eigenvalue weighted by atomic mass is 10.3. The first-order valence-electron chi connectivity index (χ1n) is 8.53. The van der Waals surface area contributed by atoms with Gasteiger partial charge in [0.25, 0.3) is 0 Å². The summed E-state index contributed by atoms with van der Waals surface area (Å²) in [5, 5.41) is 3.29. The van der Waals surface area contributed by atoms with E-state index in [2.05, 4.69) is 20.2 Å². The monoisotopic (exact) mass is 390 g/mol. The standard InChI is InChI=1S/C18H19FN4O3S/c1-26-18-15(27(24,25)13-4-2-3-12(19)9-13)11-22-16-14(10-21-17(16)18)23-7-5-20-6-8-23/h2-4,9-11,20-21H,5-8H2,1H3. The van der Waals surface area contributed by atoms with Gasteiger partial charge in [0, 0.05) is 32.4 Å². The molecule has 0 aliphatic carbocycles. The predicted molar refractivity (Wildman–Crippen MR) is 99.6 cm³/mol. The lowest BCUT2D eigenvalue weighted by Gasteiger charge is -2.28. The van der Waals surface area contributed by atoms with E-state index >= 15 is 0 Å². The van der Waals surface area contributed by atoms with Crippen LogP contribution in [0.1, 0.15) is 0 Å². The van der Waals surface area contributed by atoms with Crippen LogP contribution in [0.15, 0.2) is 46.5 Å². The number of sulfone groups is 1. The quantitative estimate of drug-likeness (QED) is 0.708. The minimum atomic E-state index is -3.98. The summed E-state index contributed by atoms with van der Waals surface area (Å²) >= 11 is 0. The van der Waals surface area contributed by atoms with E-state index in [0.717, 1.165) is 37.9 Å². The summed E-state index contributed by atoms with van der Waals surface area (Å²) < 4.78 is 44.9. The van der Waals surface area contributed by atoms with Crippen molar-refractivity contribution in [3.8, 4) is 5.75 Å². The molecule has 0 unspecified atom stereocenters. The molecule has 1 saturated heterocycles. The van der Waals surface area contributed by atoms with Crippen LogP contribution in [0.2, 0.25) is 0 Å². The van der Waals surface area contributed by atoms with Gasteiger partial charge in [-0.15, -0.1) is 0 Å². The summed E-state index contributed by atoms with van der Waals surface area (Å²) in [6.45, 7) is 3.41. The number of benzene rings is 1. The summed E-state index contributed by atoms with van der Waals surface area (Å²) in [5.74, 6) is -0.449. The molecule has 4 rings (SSSR count). The van der Waals surface area contributed by atoms with E-state index in [1.807, 2.05) is 6.20 Å². The van der Waals surface area contributed by atoms with Crippen LogP contribution in [0.4, 0.5) is 10.1 Å². The number of ether oxygens (including phenoxy) is 1. The molecular weight excluding hydrogens is 371 g/mol. The third-order valence-corrected chi connectivity index (χ3v) is 6.40. The second-order valence-corrected chi connectivity index (χ2v) is 8.17. The fourth-order valence-corrected chi connectivity index (χ4v) is 4.72. The first-order valence-corrected chi connectivity index (χ1v) is 10.0. The molecule has 3 heterocycles. The van der Waals surface area contributed by atoms with Crippen LogP contribution in [-0.2, 0) is 9.84 Å². The SMILES string of the molecule is COc1c(S(=O)(=O)c2cccc(F)c2)cnc2c(N3CCNCC3)c[nH]c12. The van der Waals surface area contributed by atoms with Crippen molar-refractivity contribution >= 4 is 26.6 Å². The van der Waals surface area contributed by atoms with Crippen molar-refractivity contribution in [3.05, 3.63) is 42.5 Å². The molecule has 0 amide bonds. The highest BCUT2D eigenvalue weighted by atomic mass is 32.2. The van der Waals surface area contributed by atoms with E-state index in [9.17, 15) is 12.8 Å². The van der Waals surface area contributed by atoms with Gasteiger partial charge in [0.05, 0.1) is 23.9 Å². The maximum atomic E-state index is 13.5. The van der Waals surface area contributed by atoms with Gasteiger partial charge < -0.3 is 19.9 Å². The minimum Gasteiger partial charge on any atom is -0.493 e. The van der Waals surface area contributed by atoms with Gasteiger partial charge in [0.15, 0.2) is 5.75 Å². The Morgan fingerprint density at radius 2 is 2.04 bits per heavy atom. The molecule has 2 N–H and O–H groups in total. The highest BCUT2D eigenvalue weighted by Gasteiger charge is 2.27. The lowest BCUT2D eigenvalue weighted by Crippen LogP contribution is -2.43. The van der Waals surface area contributed by atoms with Crippen molar-refractivity contribution in [1.29, 1.82) is 0 Å².